The third kappa shape index (κ3) is 8.24. The molecule has 2 heterocycles. The van der Waals surface area contributed by atoms with Gasteiger partial charge in [-0.15, -0.1) is 6.58 Å². The van der Waals surface area contributed by atoms with Gasteiger partial charge in [-0.2, -0.15) is 0 Å². The summed E-state index contributed by atoms with van der Waals surface area (Å²) in [6.07, 6.45) is 2.52. The predicted octanol–water partition coefficient (Wildman–Crippen LogP) is 3.49. The lowest BCUT2D eigenvalue weighted by Gasteiger charge is -2.29. The number of amides is 4. The molecule has 6 rings (SSSR count). The summed E-state index contributed by atoms with van der Waals surface area (Å²) in [6, 6.07) is 24.1. The molecule has 1 aliphatic heterocycles. The number of benzene rings is 3. The van der Waals surface area contributed by atoms with E-state index in [0.717, 1.165) is 28.5 Å². The van der Waals surface area contributed by atoms with Crippen molar-refractivity contribution in [1.82, 2.24) is 30.5 Å². The van der Waals surface area contributed by atoms with Crippen molar-refractivity contribution in [1.29, 1.82) is 0 Å². The lowest BCUT2D eigenvalue weighted by atomic mass is 10.1. The zero-order valence-electron chi connectivity index (χ0n) is 29.1. The van der Waals surface area contributed by atoms with E-state index in [2.05, 4.69) is 33.7 Å². The Kier molecular flexibility index (Phi) is 11.5. The Bertz CT molecular complexity index is 2020. The van der Waals surface area contributed by atoms with E-state index in [1.807, 2.05) is 78.9 Å². The van der Waals surface area contributed by atoms with Crippen LogP contribution in [0.3, 0.4) is 0 Å². The van der Waals surface area contributed by atoms with Crippen LogP contribution in [0.1, 0.15) is 12.8 Å². The summed E-state index contributed by atoms with van der Waals surface area (Å²) >= 11 is 1.15. The number of hydrogen-bond donors (Lipinski definition) is 4. The molecule has 4 aromatic rings. The third-order valence-electron chi connectivity index (χ3n) is 9.41. The van der Waals surface area contributed by atoms with E-state index >= 15 is 0 Å². The lowest BCUT2D eigenvalue weighted by Crippen LogP contribution is -2.58. The molecule has 1 saturated heterocycles. The largest absolute Gasteiger partial charge is 0.497 e. The standard InChI is InChI=1S/C39H39BN6O6S/c1-4-25-21-39(25,38(50)45-53-28-14-10-7-11-15-28)43-36(48)33-19-27(23-46(33)37(49)32(44-40)22-41-35(47)5-2)52-34-20-30(24-12-8-6-9-13-24)42-31-18-26(51-3)16-17-29(31)34/h4-18,20,25,27,32-33,44H,1-2,19,21-23H2,3H3,(H,41,47)(H,43,48)(H,45,50)/t25-,27-,32+,33+,39-/m1/s1. The van der Waals surface area contributed by atoms with Gasteiger partial charge in [-0.1, -0.05) is 61.2 Å². The first-order valence-corrected chi connectivity index (χ1v) is 17.9. The number of ether oxygens (including phenoxy) is 2. The number of pyridine rings is 1. The number of fused-ring (bicyclic) bond motifs is 1. The molecule has 12 nitrogen and oxygen atoms in total. The molecular weight excluding hydrogens is 691 g/mol. The number of likely N-dealkylation sites (tertiary alicyclic amines) is 1. The Morgan fingerprint density at radius 2 is 1.79 bits per heavy atom. The lowest BCUT2D eigenvalue weighted by molar-refractivity contribution is -0.140. The van der Waals surface area contributed by atoms with E-state index in [9.17, 15) is 19.2 Å². The van der Waals surface area contributed by atoms with Crippen molar-refractivity contribution in [3.63, 3.8) is 0 Å². The second-order valence-electron chi connectivity index (χ2n) is 12.8. The second kappa shape index (κ2) is 16.4. The zero-order chi connectivity index (χ0) is 37.5. The summed E-state index contributed by atoms with van der Waals surface area (Å²) in [7, 11) is 7.36. The van der Waals surface area contributed by atoms with Crippen LogP contribution >= 0.6 is 11.9 Å². The molecule has 4 amide bonds. The van der Waals surface area contributed by atoms with Crippen LogP contribution in [-0.4, -0.2) is 85.4 Å². The fraction of sp³-hybridized carbons (Fsp3) is 0.256. The summed E-state index contributed by atoms with van der Waals surface area (Å²) in [5.74, 6) is -1.13. The highest BCUT2D eigenvalue weighted by Gasteiger charge is 2.61. The van der Waals surface area contributed by atoms with Crippen LogP contribution in [0.5, 0.6) is 11.5 Å². The molecule has 1 aliphatic carbocycles. The van der Waals surface area contributed by atoms with Crippen molar-refractivity contribution in [2.45, 2.75) is 41.5 Å². The smallest absolute Gasteiger partial charge is 0.256 e. The number of carbonyl (C=O) groups excluding carboxylic acids is 4. The Balaban J connectivity index is 1.29. The van der Waals surface area contributed by atoms with Crippen LogP contribution in [0, 0.1) is 5.92 Å². The minimum absolute atomic E-state index is 0.0130. The first kappa shape index (κ1) is 37.2. The van der Waals surface area contributed by atoms with E-state index in [0.29, 0.717) is 34.5 Å². The molecule has 0 bridgehead atoms. The van der Waals surface area contributed by atoms with Gasteiger partial charge in [0.05, 0.1) is 30.9 Å². The van der Waals surface area contributed by atoms with E-state index in [1.54, 1.807) is 19.3 Å². The summed E-state index contributed by atoms with van der Waals surface area (Å²) in [5.41, 5.74) is 0.924. The number of rotatable bonds is 15. The number of nitrogens with zero attached hydrogens (tertiary/aromatic N) is 2. The van der Waals surface area contributed by atoms with Crippen LogP contribution in [-0.2, 0) is 19.2 Å². The quantitative estimate of drug-likeness (QED) is 0.0624. The van der Waals surface area contributed by atoms with Crippen molar-refractivity contribution < 1.29 is 28.7 Å². The second-order valence-corrected chi connectivity index (χ2v) is 13.6. The third-order valence-corrected chi connectivity index (χ3v) is 10.2. The molecule has 2 fully saturated rings. The molecular formula is C39H39BN6O6S. The topological polar surface area (TPSA) is 151 Å². The van der Waals surface area contributed by atoms with Crippen LogP contribution in [0.4, 0.5) is 0 Å². The summed E-state index contributed by atoms with van der Waals surface area (Å²) < 4.78 is 15.0. The van der Waals surface area contributed by atoms with Gasteiger partial charge in [0.25, 0.3) is 5.91 Å². The molecule has 5 atom stereocenters. The highest BCUT2D eigenvalue weighted by atomic mass is 32.2. The van der Waals surface area contributed by atoms with Crippen molar-refractivity contribution in [2.75, 3.05) is 20.2 Å². The molecule has 3 aromatic carbocycles. The van der Waals surface area contributed by atoms with Gasteiger partial charge in [0, 0.05) is 46.9 Å². The molecule has 53 heavy (non-hydrogen) atoms. The number of methoxy groups -OCH3 is 1. The van der Waals surface area contributed by atoms with Gasteiger partial charge in [0.15, 0.2) is 7.98 Å². The summed E-state index contributed by atoms with van der Waals surface area (Å²) in [6.45, 7) is 7.17. The van der Waals surface area contributed by atoms with Crippen molar-refractivity contribution in [3.8, 4) is 22.8 Å². The zero-order valence-corrected chi connectivity index (χ0v) is 29.9. The van der Waals surface area contributed by atoms with Crippen molar-refractivity contribution in [3.05, 3.63) is 110 Å². The van der Waals surface area contributed by atoms with Crippen LogP contribution in [0.25, 0.3) is 22.2 Å². The van der Waals surface area contributed by atoms with Gasteiger partial charge < -0.3 is 30.2 Å². The average Bonchev–Trinajstić information content (AvgIpc) is 3.75. The molecule has 2 radical (unpaired) electrons. The van der Waals surface area contributed by atoms with Crippen molar-refractivity contribution >= 4 is 54.5 Å². The maximum absolute atomic E-state index is 14.3. The predicted molar refractivity (Wildman–Crippen MR) is 204 cm³/mol. The molecule has 4 N–H and O–H groups in total. The van der Waals surface area contributed by atoms with Gasteiger partial charge in [0.1, 0.15) is 29.2 Å². The monoisotopic (exact) mass is 730 g/mol. The first-order valence-electron chi connectivity index (χ1n) is 17.0. The summed E-state index contributed by atoms with van der Waals surface area (Å²) in [5, 5.41) is 8.71. The minimum atomic E-state index is -1.25. The molecule has 0 unspecified atom stereocenters. The van der Waals surface area contributed by atoms with Gasteiger partial charge in [-0.05, 0) is 48.7 Å². The highest BCUT2D eigenvalue weighted by molar-refractivity contribution is 7.98. The maximum atomic E-state index is 14.3. The highest BCUT2D eigenvalue weighted by Crippen LogP contribution is 2.45. The van der Waals surface area contributed by atoms with Gasteiger partial charge >= 0.3 is 0 Å². The maximum Gasteiger partial charge on any atom is 0.256 e. The van der Waals surface area contributed by atoms with Crippen LogP contribution < -0.4 is 30.1 Å². The van der Waals surface area contributed by atoms with Crippen LogP contribution in [0.15, 0.2) is 115 Å². The number of aromatic nitrogens is 1. The van der Waals surface area contributed by atoms with Gasteiger partial charge in [0.2, 0.25) is 17.7 Å². The molecule has 14 heteroatoms. The van der Waals surface area contributed by atoms with Crippen molar-refractivity contribution in [2.24, 2.45) is 5.92 Å². The van der Waals surface area contributed by atoms with Gasteiger partial charge in [-0.25, -0.2) is 4.98 Å². The molecule has 1 saturated carbocycles. The first-order chi connectivity index (χ1) is 25.7. The average molecular weight is 731 g/mol. The molecule has 1 aromatic heterocycles. The Morgan fingerprint density at radius 1 is 1.06 bits per heavy atom. The molecule has 2 aliphatic rings. The van der Waals surface area contributed by atoms with E-state index in [1.165, 1.54) is 4.90 Å². The fourth-order valence-electron chi connectivity index (χ4n) is 6.43. The fourth-order valence-corrected chi connectivity index (χ4v) is 7.11. The Labute approximate surface area is 313 Å². The molecule has 0 spiro atoms. The Hall–Kier alpha value is -5.60. The number of hydrogen-bond acceptors (Lipinski definition) is 9. The number of nitrogens with one attached hydrogen (secondary N) is 4. The minimum Gasteiger partial charge on any atom is -0.497 e. The number of carbonyl (C=O) groups is 4. The van der Waals surface area contributed by atoms with Gasteiger partial charge in [-0.3, -0.25) is 23.9 Å². The molecule has 270 valence electrons. The Morgan fingerprint density at radius 3 is 2.45 bits per heavy atom. The normalized spacial score (nSPS) is 20.8. The van der Waals surface area contributed by atoms with E-state index in [-0.39, 0.29) is 31.3 Å². The van der Waals surface area contributed by atoms with E-state index < -0.39 is 41.4 Å². The summed E-state index contributed by atoms with van der Waals surface area (Å²) in [4.78, 5) is 60.9. The van der Waals surface area contributed by atoms with Crippen LogP contribution in [0.2, 0.25) is 0 Å². The SMILES string of the molecule is [B]N[C@@H](CNC(=O)C=C)C(=O)N1C[C@H](Oc2cc(-c3ccccc3)nc3cc(OC)ccc23)C[C@H]1C(=O)N[C@]1(C(=O)NSc2ccccc2)C[C@H]1C=C. The van der Waals surface area contributed by atoms with E-state index in [4.69, 9.17) is 22.4 Å².